The Labute approximate surface area is 122 Å². The van der Waals surface area contributed by atoms with E-state index in [9.17, 15) is 4.79 Å². The van der Waals surface area contributed by atoms with E-state index in [1.165, 1.54) is 22.5 Å². The molecule has 104 valence electrons. The van der Waals surface area contributed by atoms with Crippen LogP contribution in [0.3, 0.4) is 0 Å². The summed E-state index contributed by atoms with van der Waals surface area (Å²) in [6, 6.07) is 5.95. The van der Waals surface area contributed by atoms with Crippen LogP contribution in [0.2, 0.25) is 0 Å². The molecule has 0 unspecified atom stereocenters. The average Bonchev–Trinajstić information content (AvgIpc) is 2.88. The van der Waals surface area contributed by atoms with Crippen molar-refractivity contribution in [3.8, 4) is 11.3 Å². The summed E-state index contributed by atoms with van der Waals surface area (Å²) in [7, 11) is 0. The van der Waals surface area contributed by atoms with Gasteiger partial charge in [-0.3, -0.25) is 5.32 Å². The van der Waals surface area contributed by atoms with Crippen molar-refractivity contribution in [2.75, 3.05) is 11.9 Å². The summed E-state index contributed by atoms with van der Waals surface area (Å²) < 4.78 is 0. The van der Waals surface area contributed by atoms with Gasteiger partial charge in [0, 0.05) is 17.5 Å². The van der Waals surface area contributed by atoms with Crippen molar-refractivity contribution >= 4 is 22.5 Å². The van der Waals surface area contributed by atoms with Gasteiger partial charge in [-0.15, -0.1) is 17.9 Å². The van der Waals surface area contributed by atoms with Gasteiger partial charge >= 0.3 is 6.03 Å². The highest BCUT2D eigenvalue weighted by Gasteiger charge is 2.07. The number of amides is 2. The number of nitrogens with zero attached hydrogens (tertiary/aromatic N) is 1. The zero-order valence-corrected chi connectivity index (χ0v) is 12.4. The molecule has 0 aliphatic rings. The first-order valence-electron chi connectivity index (χ1n) is 6.29. The molecule has 2 aromatic rings. The maximum Gasteiger partial charge on any atom is 0.321 e. The number of carbonyl (C=O) groups excluding carboxylic acids is 1. The van der Waals surface area contributed by atoms with Crippen molar-refractivity contribution < 1.29 is 4.79 Å². The molecule has 2 amide bonds. The molecule has 1 heterocycles. The van der Waals surface area contributed by atoms with E-state index in [1.54, 1.807) is 6.08 Å². The molecule has 5 heteroatoms. The molecule has 2 rings (SSSR count). The summed E-state index contributed by atoms with van der Waals surface area (Å²) in [5.41, 5.74) is 4.42. The average molecular weight is 287 g/mol. The fourth-order valence-electron chi connectivity index (χ4n) is 1.67. The Morgan fingerprint density at radius 1 is 1.40 bits per heavy atom. The minimum atomic E-state index is -0.272. The standard InChI is InChI=1S/C15H17N3OS/c1-4-7-16-14(19)18-15-17-13(9-20-15)12-6-5-10(2)11(3)8-12/h4-6,8-9H,1,7H2,2-3H3,(H2,16,17,18,19). The summed E-state index contributed by atoms with van der Waals surface area (Å²) in [4.78, 5) is 15.9. The van der Waals surface area contributed by atoms with E-state index < -0.39 is 0 Å². The minimum absolute atomic E-state index is 0.272. The third kappa shape index (κ3) is 3.45. The molecule has 1 aromatic heterocycles. The second-order valence-electron chi connectivity index (χ2n) is 4.46. The smallest absolute Gasteiger partial charge is 0.321 e. The number of aryl methyl sites for hydroxylation is 2. The predicted octanol–water partition coefficient (Wildman–Crippen LogP) is 3.73. The molecule has 0 aliphatic heterocycles. The van der Waals surface area contributed by atoms with Gasteiger partial charge in [0.15, 0.2) is 5.13 Å². The Balaban J connectivity index is 2.10. The first-order chi connectivity index (χ1) is 9.60. The molecule has 20 heavy (non-hydrogen) atoms. The second-order valence-corrected chi connectivity index (χ2v) is 5.32. The second kappa shape index (κ2) is 6.34. The number of hydrogen-bond donors (Lipinski definition) is 2. The number of hydrogen-bond acceptors (Lipinski definition) is 3. The van der Waals surface area contributed by atoms with E-state index in [1.807, 2.05) is 11.4 Å². The van der Waals surface area contributed by atoms with E-state index in [2.05, 4.69) is 48.2 Å². The van der Waals surface area contributed by atoms with Crippen LogP contribution in [-0.4, -0.2) is 17.6 Å². The van der Waals surface area contributed by atoms with Crippen LogP contribution in [0.4, 0.5) is 9.93 Å². The predicted molar refractivity (Wildman–Crippen MR) is 84.2 cm³/mol. The summed E-state index contributed by atoms with van der Waals surface area (Å²) in [6.07, 6.45) is 1.63. The lowest BCUT2D eigenvalue weighted by Crippen LogP contribution is -2.28. The van der Waals surface area contributed by atoms with E-state index in [0.717, 1.165) is 11.3 Å². The largest absolute Gasteiger partial charge is 0.334 e. The molecule has 0 bridgehead atoms. The summed E-state index contributed by atoms with van der Waals surface area (Å²) in [6.45, 7) is 8.13. The number of carbonyl (C=O) groups is 1. The zero-order chi connectivity index (χ0) is 14.5. The minimum Gasteiger partial charge on any atom is -0.334 e. The Kier molecular flexibility index (Phi) is 4.53. The van der Waals surface area contributed by atoms with Gasteiger partial charge in [-0.2, -0.15) is 0 Å². The van der Waals surface area contributed by atoms with Crippen LogP contribution in [0.1, 0.15) is 11.1 Å². The molecule has 1 aromatic carbocycles. The van der Waals surface area contributed by atoms with Gasteiger partial charge in [-0.1, -0.05) is 18.2 Å². The third-order valence-electron chi connectivity index (χ3n) is 2.93. The molecular formula is C15H17N3OS. The summed E-state index contributed by atoms with van der Waals surface area (Å²) in [5, 5.41) is 7.87. The Morgan fingerprint density at radius 2 is 2.20 bits per heavy atom. The Morgan fingerprint density at radius 3 is 2.90 bits per heavy atom. The third-order valence-corrected chi connectivity index (χ3v) is 3.69. The number of thiazole rings is 1. The number of rotatable bonds is 4. The van der Waals surface area contributed by atoms with Crippen LogP contribution in [0.15, 0.2) is 36.2 Å². The maximum absolute atomic E-state index is 11.5. The monoisotopic (exact) mass is 287 g/mol. The van der Waals surface area contributed by atoms with E-state index in [0.29, 0.717) is 11.7 Å². The highest BCUT2D eigenvalue weighted by molar-refractivity contribution is 7.14. The van der Waals surface area contributed by atoms with Crippen LogP contribution in [-0.2, 0) is 0 Å². The number of anilines is 1. The number of urea groups is 1. The van der Waals surface area contributed by atoms with Crippen molar-refractivity contribution in [2.45, 2.75) is 13.8 Å². The van der Waals surface area contributed by atoms with Gasteiger partial charge < -0.3 is 5.32 Å². The Hall–Kier alpha value is -2.14. The molecule has 4 nitrogen and oxygen atoms in total. The topological polar surface area (TPSA) is 54.0 Å². The zero-order valence-electron chi connectivity index (χ0n) is 11.6. The van der Waals surface area contributed by atoms with Gasteiger partial charge in [-0.25, -0.2) is 9.78 Å². The lowest BCUT2D eigenvalue weighted by molar-refractivity contribution is 0.253. The van der Waals surface area contributed by atoms with E-state index in [4.69, 9.17) is 0 Å². The molecule has 0 aliphatic carbocycles. The van der Waals surface area contributed by atoms with Crippen molar-refractivity contribution in [1.29, 1.82) is 0 Å². The molecule has 0 fully saturated rings. The number of aromatic nitrogens is 1. The first kappa shape index (κ1) is 14.3. The highest BCUT2D eigenvalue weighted by atomic mass is 32.1. The van der Waals surface area contributed by atoms with Crippen LogP contribution in [0.25, 0.3) is 11.3 Å². The van der Waals surface area contributed by atoms with Crippen molar-refractivity contribution in [3.63, 3.8) is 0 Å². The molecule has 2 N–H and O–H groups in total. The number of benzene rings is 1. The molecule has 0 atom stereocenters. The summed E-state index contributed by atoms with van der Waals surface area (Å²) in [5.74, 6) is 0. The quantitative estimate of drug-likeness (QED) is 0.842. The van der Waals surface area contributed by atoms with Crippen LogP contribution >= 0.6 is 11.3 Å². The van der Waals surface area contributed by atoms with Crippen molar-refractivity contribution in [1.82, 2.24) is 10.3 Å². The highest BCUT2D eigenvalue weighted by Crippen LogP contribution is 2.26. The van der Waals surface area contributed by atoms with Crippen molar-refractivity contribution in [3.05, 3.63) is 47.4 Å². The normalized spacial score (nSPS) is 10.1. The molecule has 0 saturated heterocycles. The molecule has 0 spiro atoms. The van der Waals surface area contributed by atoms with E-state index in [-0.39, 0.29) is 6.03 Å². The van der Waals surface area contributed by atoms with Gasteiger partial charge in [-0.05, 0) is 31.0 Å². The lowest BCUT2D eigenvalue weighted by Gasteiger charge is -2.03. The van der Waals surface area contributed by atoms with Gasteiger partial charge in [0.25, 0.3) is 0 Å². The molecular weight excluding hydrogens is 270 g/mol. The van der Waals surface area contributed by atoms with E-state index >= 15 is 0 Å². The maximum atomic E-state index is 11.5. The molecule has 0 radical (unpaired) electrons. The first-order valence-corrected chi connectivity index (χ1v) is 7.17. The van der Waals surface area contributed by atoms with Crippen LogP contribution < -0.4 is 10.6 Å². The van der Waals surface area contributed by atoms with Gasteiger partial charge in [0.05, 0.1) is 5.69 Å². The summed E-state index contributed by atoms with van der Waals surface area (Å²) >= 11 is 1.41. The van der Waals surface area contributed by atoms with Crippen molar-refractivity contribution in [2.24, 2.45) is 0 Å². The fraction of sp³-hybridized carbons (Fsp3) is 0.200. The SMILES string of the molecule is C=CCNC(=O)Nc1nc(-c2ccc(C)c(C)c2)cs1. The Bertz CT molecular complexity index is 634. The lowest BCUT2D eigenvalue weighted by atomic mass is 10.1. The number of nitrogens with one attached hydrogen (secondary N) is 2. The van der Waals surface area contributed by atoms with Crippen LogP contribution in [0, 0.1) is 13.8 Å². The van der Waals surface area contributed by atoms with Crippen LogP contribution in [0.5, 0.6) is 0 Å². The molecule has 0 saturated carbocycles. The van der Waals surface area contributed by atoms with Gasteiger partial charge in [0.1, 0.15) is 0 Å². The fourth-order valence-corrected chi connectivity index (χ4v) is 2.39. The van der Waals surface area contributed by atoms with Gasteiger partial charge in [0.2, 0.25) is 0 Å².